The first-order chi connectivity index (χ1) is 10.1. The fourth-order valence-electron chi connectivity index (χ4n) is 2.27. The Labute approximate surface area is 122 Å². The van der Waals surface area contributed by atoms with Crippen LogP contribution in [0, 0.1) is 5.82 Å². The minimum atomic E-state index is -0.255. The van der Waals surface area contributed by atoms with Gasteiger partial charge in [-0.1, -0.05) is 36.4 Å². The summed E-state index contributed by atoms with van der Waals surface area (Å²) in [5.41, 5.74) is 15.8. The second kappa shape index (κ2) is 5.29. The quantitative estimate of drug-likeness (QED) is 0.686. The molecule has 0 radical (unpaired) electrons. The molecule has 0 fully saturated rings. The molecule has 3 heteroatoms. The summed E-state index contributed by atoms with van der Waals surface area (Å²) in [6, 6.07) is 19.8. The molecule has 0 saturated heterocycles. The molecule has 0 amide bonds. The van der Waals surface area contributed by atoms with Gasteiger partial charge in [0.1, 0.15) is 5.82 Å². The van der Waals surface area contributed by atoms with Crippen LogP contribution in [-0.4, -0.2) is 0 Å². The lowest BCUT2D eigenvalue weighted by Gasteiger charge is -2.07. The zero-order chi connectivity index (χ0) is 14.8. The molecule has 2 nitrogen and oxygen atoms in total. The van der Waals surface area contributed by atoms with Crippen molar-refractivity contribution in [2.24, 2.45) is 0 Å². The van der Waals surface area contributed by atoms with Crippen LogP contribution in [0.3, 0.4) is 0 Å². The summed E-state index contributed by atoms with van der Waals surface area (Å²) in [5, 5.41) is 0. The van der Waals surface area contributed by atoms with E-state index < -0.39 is 0 Å². The van der Waals surface area contributed by atoms with Gasteiger partial charge in [-0.25, -0.2) is 4.39 Å². The summed E-state index contributed by atoms with van der Waals surface area (Å²) in [7, 11) is 0. The Bertz CT molecular complexity index is 762. The van der Waals surface area contributed by atoms with E-state index in [4.69, 9.17) is 11.5 Å². The number of rotatable bonds is 2. The van der Waals surface area contributed by atoms with Crippen LogP contribution in [0.15, 0.2) is 66.7 Å². The van der Waals surface area contributed by atoms with Crippen molar-refractivity contribution in [2.45, 2.75) is 0 Å². The second-order valence-corrected chi connectivity index (χ2v) is 4.94. The van der Waals surface area contributed by atoms with E-state index in [0.29, 0.717) is 16.9 Å². The molecular weight excluding hydrogens is 263 g/mol. The van der Waals surface area contributed by atoms with Crippen molar-refractivity contribution in [2.75, 3.05) is 11.5 Å². The highest BCUT2D eigenvalue weighted by Crippen LogP contribution is 2.28. The average Bonchev–Trinajstić information content (AvgIpc) is 2.49. The molecule has 3 aromatic carbocycles. The maximum atomic E-state index is 14.3. The zero-order valence-corrected chi connectivity index (χ0v) is 11.4. The van der Waals surface area contributed by atoms with E-state index >= 15 is 0 Å². The first-order valence-electron chi connectivity index (χ1n) is 6.65. The number of nitrogens with two attached hydrogens (primary N) is 2. The number of hydrogen-bond donors (Lipinski definition) is 2. The van der Waals surface area contributed by atoms with Crippen molar-refractivity contribution in [3.8, 4) is 22.3 Å². The standard InChI is InChI=1S/C18H15FN2/c19-18-11-14(12-1-6-15(20)7-2-12)5-10-17(18)13-3-8-16(21)9-4-13/h1-11H,20-21H2. The third kappa shape index (κ3) is 2.72. The fraction of sp³-hybridized carbons (Fsp3) is 0. The first kappa shape index (κ1) is 13.2. The minimum Gasteiger partial charge on any atom is -0.399 e. The van der Waals surface area contributed by atoms with Crippen LogP contribution in [0.2, 0.25) is 0 Å². The van der Waals surface area contributed by atoms with Crippen molar-refractivity contribution in [3.63, 3.8) is 0 Å². The topological polar surface area (TPSA) is 52.0 Å². The molecule has 0 aliphatic carbocycles. The van der Waals surface area contributed by atoms with Crippen LogP contribution in [-0.2, 0) is 0 Å². The number of benzene rings is 3. The predicted octanol–water partition coefficient (Wildman–Crippen LogP) is 4.32. The van der Waals surface area contributed by atoms with Crippen LogP contribution < -0.4 is 11.5 Å². The molecule has 3 aromatic rings. The van der Waals surface area contributed by atoms with Gasteiger partial charge in [0, 0.05) is 16.9 Å². The molecule has 3 rings (SSSR count). The summed E-state index contributed by atoms with van der Waals surface area (Å²) in [5.74, 6) is -0.255. The monoisotopic (exact) mass is 278 g/mol. The molecule has 4 N–H and O–H groups in total. The summed E-state index contributed by atoms with van der Waals surface area (Å²) in [6.45, 7) is 0. The number of hydrogen-bond acceptors (Lipinski definition) is 2. The second-order valence-electron chi connectivity index (χ2n) is 4.94. The van der Waals surface area contributed by atoms with Crippen LogP contribution in [0.4, 0.5) is 15.8 Å². The van der Waals surface area contributed by atoms with Crippen LogP contribution in [0.25, 0.3) is 22.3 Å². The van der Waals surface area contributed by atoms with Gasteiger partial charge in [0.25, 0.3) is 0 Å². The molecular formula is C18H15FN2. The van der Waals surface area contributed by atoms with Crippen LogP contribution in [0.1, 0.15) is 0 Å². The van der Waals surface area contributed by atoms with E-state index in [-0.39, 0.29) is 5.82 Å². The van der Waals surface area contributed by atoms with Gasteiger partial charge in [-0.05, 0) is 47.0 Å². The zero-order valence-electron chi connectivity index (χ0n) is 11.4. The highest BCUT2D eigenvalue weighted by molar-refractivity contribution is 5.72. The third-order valence-electron chi connectivity index (χ3n) is 3.43. The maximum absolute atomic E-state index is 14.3. The highest BCUT2D eigenvalue weighted by atomic mass is 19.1. The van der Waals surface area contributed by atoms with Crippen molar-refractivity contribution >= 4 is 11.4 Å². The first-order valence-corrected chi connectivity index (χ1v) is 6.65. The van der Waals surface area contributed by atoms with Gasteiger partial charge in [0.05, 0.1) is 0 Å². The Morgan fingerprint density at radius 1 is 0.571 bits per heavy atom. The Kier molecular flexibility index (Phi) is 3.32. The van der Waals surface area contributed by atoms with Crippen LogP contribution >= 0.6 is 0 Å². The molecule has 104 valence electrons. The van der Waals surface area contributed by atoms with E-state index in [9.17, 15) is 4.39 Å². The molecule has 0 atom stereocenters. The number of halogens is 1. The summed E-state index contributed by atoms with van der Waals surface area (Å²) in [4.78, 5) is 0. The van der Waals surface area contributed by atoms with Crippen molar-refractivity contribution < 1.29 is 4.39 Å². The Morgan fingerprint density at radius 3 is 1.57 bits per heavy atom. The van der Waals surface area contributed by atoms with E-state index in [2.05, 4.69) is 0 Å². The third-order valence-corrected chi connectivity index (χ3v) is 3.43. The van der Waals surface area contributed by atoms with E-state index in [0.717, 1.165) is 16.7 Å². The Balaban J connectivity index is 1.99. The SMILES string of the molecule is Nc1ccc(-c2ccc(-c3ccc(N)cc3)c(F)c2)cc1. The van der Waals surface area contributed by atoms with Crippen LogP contribution in [0.5, 0.6) is 0 Å². The lowest BCUT2D eigenvalue weighted by Crippen LogP contribution is -1.89. The number of nitrogen functional groups attached to an aromatic ring is 2. The molecule has 0 unspecified atom stereocenters. The largest absolute Gasteiger partial charge is 0.399 e. The van der Waals surface area contributed by atoms with Crippen molar-refractivity contribution in [3.05, 3.63) is 72.5 Å². The molecule has 0 aromatic heterocycles. The van der Waals surface area contributed by atoms with Gasteiger partial charge in [0.15, 0.2) is 0 Å². The van der Waals surface area contributed by atoms with Gasteiger partial charge in [-0.3, -0.25) is 0 Å². The van der Waals surface area contributed by atoms with Gasteiger partial charge >= 0.3 is 0 Å². The Morgan fingerprint density at radius 2 is 1.05 bits per heavy atom. The minimum absolute atomic E-state index is 0.255. The normalized spacial score (nSPS) is 10.5. The molecule has 0 aliphatic heterocycles. The van der Waals surface area contributed by atoms with E-state index in [1.54, 1.807) is 30.3 Å². The van der Waals surface area contributed by atoms with Crippen molar-refractivity contribution in [1.82, 2.24) is 0 Å². The average molecular weight is 278 g/mol. The van der Waals surface area contributed by atoms with E-state index in [1.165, 1.54) is 6.07 Å². The van der Waals surface area contributed by atoms with Gasteiger partial charge in [0.2, 0.25) is 0 Å². The Hall–Kier alpha value is -2.81. The van der Waals surface area contributed by atoms with Crippen molar-refractivity contribution in [1.29, 1.82) is 0 Å². The maximum Gasteiger partial charge on any atom is 0.131 e. The lowest BCUT2D eigenvalue weighted by molar-refractivity contribution is 0.632. The molecule has 0 bridgehead atoms. The molecule has 21 heavy (non-hydrogen) atoms. The molecule has 0 aliphatic rings. The lowest BCUT2D eigenvalue weighted by atomic mass is 9.99. The summed E-state index contributed by atoms with van der Waals surface area (Å²) >= 11 is 0. The summed E-state index contributed by atoms with van der Waals surface area (Å²) < 4.78 is 14.3. The molecule has 0 saturated carbocycles. The van der Waals surface area contributed by atoms with Gasteiger partial charge in [-0.2, -0.15) is 0 Å². The molecule has 0 spiro atoms. The summed E-state index contributed by atoms with van der Waals surface area (Å²) in [6.07, 6.45) is 0. The smallest absolute Gasteiger partial charge is 0.131 e. The molecule has 0 heterocycles. The van der Waals surface area contributed by atoms with E-state index in [1.807, 2.05) is 30.3 Å². The van der Waals surface area contributed by atoms with Gasteiger partial charge < -0.3 is 11.5 Å². The fourth-order valence-corrected chi connectivity index (χ4v) is 2.27. The van der Waals surface area contributed by atoms with Gasteiger partial charge in [-0.15, -0.1) is 0 Å². The number of anilines is 2. The predicted molar refractivity (Wildman–Crippen MR) is 86.1 cm³/mol. The highest BCUT2D eigenvalue weighted by Gasteiger charge is 2.07.